The summed E-state index contributed by atoms with van der Waals surface area (Å²) in [5.74, 6) is -1.03. The van der Waals surface area contributed by atoms with E-state index in [0.29, 0.717) is 37.5 Å². The van der Waals surface area contributed by atoms with E-state index in [4.69, 9.17) is 4.99 Å². The molecule has 2 heterocycles. The predicted molar refractivity (Wildman–Crippen MR) is 225 cm³/mol. The van der Waals surface area contributed by atoms with Crippen LogP contribution >= 0.6 is 22.6 Å². The van der Waals surface area contributed by atoms with Gasteiger partial charge in [0.15, 0.2) is 0 Å². The first kappa shape index (κ1) is 40.7. The highest BCUT2D eigenvalue weighted by Crippen LogP contribution is 2.29. The largest absolute Gasteiger partial charge is 0.357 e. The molecule has 2 atom stereocenters. The van der Waals surface area contributed by atoms with Gasteiger partial charge < -0.3 is 14.7 Å². The van der Waals surface area contributed by atoms with Crippen molar-refractivity contribution in [2.75, 3.05) is 33.2 Å². The summed E-state index contributed by atoms with van der Waals surface area (Å²) in [6.45, 7) is 6.00. The number of benzene rings is 4. The maximum absolute atomic E-state index is 14.9. The number of nitrogens with one attached hydrogen (secondary N) is 1. The summed E-state index contributed by atoms with van der Waals surface area (Å²) in [5.41, 5.74) is 11.6. The van der Waals surface area contributed by atoms with Gasteiger partial charge in [0.1, 0.15) is 11.9 Å². The smallest absolute Gasteiger partial charge is 0.265 e. The van der Waals surface area contributed by atoms with Gasteiger partial charge in [0.05, 0.1) is 17.0 Å². The predicted octanol–water partition coefficient (Wildman–Crippen LogP) is 6.93. The summed E-state index contributed by atoms with van der Waals surface area (Å²) in [6.07, 6.45) is 4.10. The minimum absolute atomic E-state index is 0.0256. The monoisotopic (exact) mass is 888 g/mol. The van der Waals surface area contributed by atoms with Crippen LogP contribution in [0.3, 0.4) is 0 Å². The number of fused-ring (bicyclic) bond motifs is 2. The number of halogens is 1. The third kappa shape index (κ3) is 8.85. The minimum atomic E-state index is -4.31. The van der Waals surface area contributed by atoms with E-state index in [-0.39, 0.29) is 35.0 Å². The van der Waals surface area contributed by atoms with Crippen LogP contribution in [0.1, 0.15) is 76.9 Å². The number of carbonyl (C=O) groups excluding carboxylic acids is 3. The van der Waals surface area contributed by atoms with Crippen molar-refractivity contribution in [2.45, 2.75) is 69.5 Å². The Kier molecular flexibility index (Phi) is 13.0. The van der Waals surface area contributed by atoms with Crippen LogP contribution in [0.2, 0.25) is 0 Å². The fourth-order valence-corrected chi connectivity index (χ4v) is 8.91. The molecule has 0 aromatic heterocycles. The molecule has 2 aliphatic rings. The molecule has 6 rings (SSSR count). The van der Waals surface area contributed by atoms with Crippen molar-refractivity contribution in [3.8, 4) is 0 Å². The number of carbonyl (C=O) groups is 3. The highest BCUT2D eigenvalue weighted by Gasteiger charge is 2.36. The minimum Gasteiger partial charge on any atom is -0.357 e. The van der Waals surface area contributed by atoms with Crippen LogP contribution in [0.15, 0.2) is 93.9 Å². The highest BCUT2D eigenvalue weighted by atomic mass is 127. The summed E-state index contributed by atoms with van der Waals surface area (Å²) >= 11 is 2.14. The van der Waals surface area contributed by atoms with Gasteiger partial charge in [-0.05, 0) is 106 Å². The molecule has 1 N–H and O–H groups in total. The van der Waals surface area contributed by atoms with Crippen molar-refractivity contribution in [2.24, 2.45) is 10.1 Å². The number of likely N-dealkylation sites (N-methyl/N-ethyl adjacent to an activating group) is 1. The average molecular weight is 889 g/mol. The zero-order valence-electron chi connectivity index (χ0n) is 31.7. The first-order chi connectivity index (χ1) is 26.9. The van der Waals surface area contributed by atoms with Crippen LogP contribution in [-0.4, -0.2) is 92.0 Å². The van der Waals surface area contributed by atoms with Crippen LogP contribution in [-0.2, 0) is 27.8 Å². The molecule has 3 amide bonds. The second kappa shape index (κ2) is 17.9. The number of azide groups is 1. The van der Waals surface area contributed by atoms with Crippen molar-refractivity contribution in [3.05, 3.63) is 121 Å². The molecule has 4 aromatic rings. The van der Waals surface area contributed by atoms with Crippen LogP contribution < -0.4 is 4.72 Å². The Morgan fingerprint density at radius 1 is 0.982 bits per heavy atom. The normalized spacial score (nSPS) is 16.5. The molecule has 15 heteroatoms. The van der Waals surface area contributed by atoms with Crippen molar-refractivity contribution in [1.29, 1.82) is 0 Å². The summed E-state index contributed by atoms with van der Waals surface area (Å²) in [6, 6.07) is 21.3. The van der Waals surface area contributed by atoms with Gasteiger partial charge in [0.25, 0.3) is 21.8 Å². The molecule has 13 nitrogen and oxygen atoms in total. The fourth-order valence-electron chi connectivity index (χ4n) is 7.23. The Hall–Kier alpha value is -4.99. The molecule has 0 radical (unpaired) electrons. The molecule has 56 heavy (non-hydrogen) atoms. The standard InChI is InChI=1S/C41H45IN8O5S/c1-4-6-19-49(20-7-5-2)41(53)37-26-48(3)38(45-37)33-18-16-29(39(51)46-56(54,55)32-17-15-27-13-10-14-36(42)34(27)23-32)22-35(33)40(52)50-25-30-12-9-8-11-28(30)21-31(50)24-44-47-43/h8-18,22-23,31,37H,4-7,19-21,24-26H2,1-3H3,(H,46,51)/t31-,37?/m0/s1. The van der Waals surface area contributed by atoms with E-state index in [1.54, 1.807) is 17.0 Å². The lowest BCUT2D eigenvalue weighted by molar-refractivity contribution is -0.132. The van der Waals surface area contributed by atoms with Crippen molar-refractivity contribution < 1.29 is 22.8 Å². The number of aliphatic imine (C=N–C) groups is 1. The van der Waals surface area contributed by atoms with E-state index in [2.05, 4.69) is 51.2 Å². The third-order valence-corrected chi connectivity index (χ3v) is 12.6. The topological polar surface area (TPSA) is 168 Å². The Morgan fingerprint density at radius 2 is 1.71 bits per heavy atom. The van der Waals surface area contributed by atoms with Gasteiger partial charge in [-0.3, -0.25) is 19.4 Å². The lowest BCUT2D eigenvalue weighted by Crippen LogP contribution is -2.46. The molecular weight excluding hydrogens is 843 g/mol. The zero-order chi connectivity index (χ0) is 40.0. The molecule has 0 saturated carbocycles. The summed E-state index contributed by atoms with van der Waals surface area (Å²) in [7, 11) is -2.51. The maximum atomic E-state index is 14.9. The number of nitrogens with zero attached hydrogens (tertiary/aromatic N) is 7. The van der Waals surface area contributed by atoms with Gasteiger partial charge in [-0.1, -0.05) is 74.3 Å². The lowest BCUT2D eigenvalue weighted by Gasteiger charge is -2.37. The van der Waals surface area contributed by atoms with Gasteiger partial charge in [-0.2, -0.15) is 0 Å². The van der Waals surface area contributed by atoms with Crippen molar-refractivity contribution >= 4 is 66.9 Å². The van der Waals surface area contributed by atoms with Crippen LogP contribution in [0, 0.1) is 3.57 Å². The Labute approximate surface area is 341 Å². The van der Waals surface area contributed by atoms with Crippen molar-refractivity contribution in [3.63, 3.8) is 0 Å². The molecular formula is C41H45IN8O5S. The first-order valence-electron chi connectivity index (χ1n) is 18.8. The quantitative estimate of drug-likeness (QED) is 0.0624. The van der Waals surface area contributed by atoms with Gasteiger partial charge in [0, 0.05) is 58.9 Å². The van der Waals surface area contributed by atoms with Crippen molar-refractivity contribution in [1.82, 2.24) is 19.4 Å². The Morgan fingerprint density at radius 3 is 2.43 bits per heavy atom. The molecule has 0 bridgehead atoms. The van der Waals surface area contributed by atoms with E-state index in [1.807, 2.05) is 59.3 Å². The molecule has 0 saturated heterocycles. The van der Waals surface area contributed by atoms with Gasteiger partial charge >= 0.3 is 0 Å². The van der Waals surface area contributed by atoms with E-state index >= 15 is 0 Å². The summed E-state index contributed by atoms with van der Waals surface area (Å²) < 4.78 is 30.2. The van der Waals surface area contributed by atoms with Crippen LogP contribution in [0.25, 0.3) is 21.2 Å². The number of amidine groups is 1. The highest BCUT2D eigenvalue weighted by molar-refractivity contribution is 14.1. The van der Waals surface area contributed by atoms with E-state index in [1.165, 1.54) is 24.3 Å². The summed E-state index contributed by atoms with van der Waals surface area (Å²) in [5, 5.41) is 5.41. The summed E-state index contributed by atoms with van der Waals surface area (Å²) in [4.78, 5) is 55.6. The second-order valence-electron chi connectivity index (χ2n) is 14.2. The van der Waals surface area contributed by atoms with E-state index in [0.717, 1.165) is 51.2 Å². The maximum Gasteiger partial charge on any atom is 0.265 e. The van der Waals surface area contributed by atoms with E-state index < -0.39 is 33.9 Å². The molecule has 292 valence electrons. The third-order valence-electron chi connectivity index (χ3n) is 10.3. The van der Waals surface area contributed by atoms with Crippen LogP contribution in [0.5, 0.6) is 0 Å². The Balaban J connectivity index is 1.39. The lowest BCUT2D eigenvalue weighted by atomic mass is 9.92. The number of rotatable bonds is 14. The molecule has 0 fully saturated rings. The Bertz CT molecular complexity index is 2340. The van der Waals surface area contributed by atoms with E-state index in [9.17, 15) is 28.3 Å². The van der Waals surface area contributed by atoms with Gasteiger partial charge in [-0.25, -0.2) is 13.1 Å². The number of unbranched alkanes of at least 4 members (excludes halogenated alkanes) is 2. The molecule has 4 aromatic carbocycles. The molecule has 1 unspecified atom stereocenters. The SMILES string of the molecule is CCCCN(CCCC)C(=O)C1CN(C)C(c2ccc(C(=O)NS(=O)(=O)c3ccc4cccc(I)c4c3)cc2C(=O)N2Cc3ccccc3C[C@H]2CN=[N+]=[N-])=N1. The number of hydrogen-bond donors (Lipinski definition) is 1. The average Bonchev–Trinajstić information content (AvgIpc) is 3.59. The van der Waals surface area contributed by atoms with Gasteiger partial charge in [-0.15, -0.1) is 0 Å². The van der Waals surface area contributed by atoms with Crippen LogP contribution in [0.4, 0.5) is 0 Å². The molecule has 0 aliphatic carbocycles. The molecule has 0 spiro atoms. The number of sulfonamides is 1. The number of amides is 3. The zero-order valence-corrected chi connectivity index (χ0v) is 34.7. The van der Waals surface area contributed by atoms with Gasteiger partial charge in [0.2, 0.25) is 5.91 Å². The molecule has 2 aliphatic heterocycles. The number of hydrogen-bond acceptors (Lipinski definition) is 8. The first-order valence-corrected chi connectivity index (χ1v) is 21.4. The fraction of sp³-hybridized carbons (Fsp3) is 0.366. The second-order valence-corrected chi connectivity index (χ2v) is 17.0.